The van der Waals surface area contributed by atoms with Gasteiger partial charge in [-0.05, 0) is 31.0 Å². The molecule has 0 atom stereocenters. The summed E-state index contributed by atoms with van der Waals surface area (Å²) in [6.45, 7) is 0. The molecular weight excluding hydrogens is 245 g/mol. The van der Waals surface area contributed by atoms with Crippen LogP contribution in [0.4, 0.5) is 4.39 Å². The van der Waals surface area contributed by atoms with Gasteiger partial charge in [0.1, 0.15) is 17.6 Å². The second kappa shape index (κ2) is 4.32. The SMILES string of the molecule is N#Cc1cc(C(=O)c2cncn2C2CC2)ccc1F. The molecular formula is C14H10FN3O. The second-order valence-electron chi connectivity index (χ2n) is 4.55. The van der Waals surface area contributed by atoms with E-state index < -0.39 is 5.82 Å². The first-order chi connectivity index (χ1) is 9.20. The summed E-state index contributed by atoms with van der Waals surface area (Å²) in [6, 6.07) is 5.89. The van der Waals surface area contributed by atoms with E-state index in [0.717, 1.165) is 18.9 Å². The van der Waals surface area contributed by atoms with Crippen LogP contribution in [0.2, 0.25) is 0 Å². The molecule has 19 heavy (non-hydrogen) atoms. The summed E-state index contributed by atoms with van der Waals surface area (Å²) in [4.78, 5) is 16.3. The van der Waals surface area contributed by atoms with Gasteiger partial charge in [-0.25, -0.2) is 9.37 Å². The summed E-state index contributed by atoms with van der Waals surface area (Å²) >= 11 is 0. The van der Waals surface area contributed by atoms with Gasteiger partial charge in [0.05, 0.1) is 18.1 Å². The van der Waals surface area contributed by atoms with Crippen LogP contribution >= 0.6 is 0 Å². The highest BCUT2D eigenvalue weighted by atomic mass is 19.1. The molecule has 0 amide bonds. The van der Waals surface area contributed by atoms with Crippen molar-refractivity contribution in [3.8, 4) is 6.07 Å². The molecule has 1 aromatic heterocycles. The van der Waals surface area contributed by atoms with E-state index >= 15 is 0 Å². The Kier molecular flexibility index (Phi) is 2.64. The Labute approximate surface area is 109 Å². The highest BCUT2D eigenvalue weighted by Gasteiger charge is 2.27. The highest BCUT2D eigenvalue weighted by Crippen LogP contribution is 2.36. The second-order valence-corrected chi connectivity index (χ2v) is 4.55. The standard InChI is InChI=1S/C14H10FN3O/c15-12-4-1-9(5-10(12)6-16)14(19)13-7-17-8-18(13)11-2-3-11/h1,4-5,7-8,11H,2-3H2. The molecule has 1 aliphatic carbocycles. The molecule has 0 spiro atoms. The minimum atomic E-state index is -0.616. The Morgan fingerprint density at radius 2 is 2.26 bits per heavy atom. The predicted octanol–water partition coefficient (Wildman–Crippen LogP) is 2.46. The molecule has 1 fully saturated rings. The summed E-state index contributed by atoms with van der Waals surface area (Å²) in [6.07, 6.45) is 5.24. The van der Waals surface area contributed by atoms with Crippen LogP contribution in [0.5, 0.6) is 0 Å². The number of ketones is 1. The summed E-state index contributed by atoms with van der Waals surface area (Å²) < 4.78 is 15.1. The monoisotopic (exact) mass is 255 g/mol. The lowest BCUT2D eigenvalue weighted by atomic mass is 10.1. The summed E-state index contributed by atoms with van der Waals surface area (Å²) in [5.74, 6) is -0.851. The van der Waals surface area contributed by atoms with Gasteiger partial charge in [-0.3, -0.25) is 4.79 Å². The first-order valence-corrected chi connectivity index (χ1v) is 5.97. The van der Waals surface area contributed by atoms with Crippen molar-refractivity contribution in [2.75, 3.05) is 0 Å². The molecule has 1 saturated carbocycles. The molecule has 94 valence electrons. The average Bonchev–Trinajstić information content (AvgIpc) is 3.16. The maximum atomic E-state index is 13.2. The number of aromatic nitrogens is 2. The van der Waals surface area contributed by atoms with Crippen LogP contribution in [0.15, 0.2) is 30.7 Å². The number of hydrogen-bond donors (Lipinski definition) is 0. The number of nitriles is 1. The summed E-state index contributed by atoms with van der Waals surface area (Å²) in [5, 5.41) is 8.79. The van der Waals surface area contributed by atoms with E-state index in [1.165, 1.54) is 18.3 Å². The molecule has 0 unspecified atom stereocenters. The van der Waals surface area contributed by atoms with Crippen molar-refractivity contribution in [1.82, 2.24) is 9.55 Å². The van der Waals surface area contributed by atoms with Gasteiger partial charge in [-0.15, -0.1) is 0 Å². The molecule has 1 heterocycles. The fourth-order valence-corrected chi connectivity index (χ4v) is 2.02. The van der Waals surface area contributed by atoms with Crippen LogP contribution in [0, 0.1) is 17.1 Å². The molecule has 3 rings (SSSR count). The van der Waals surface area contributed by atoms with Crippen LogP contribution in [0.1, 0.15) is 40.5 Å². The predicted molar refractivity (Wildman–Crippen MR) is 65.0 cm³/mol. The third-order valence-electron chi connectivity index (χ3n) is 3.19. The van der Waals surface area contributed by atoms with Crippen LogP contribution in [0.3, 0.4) is 0 Å². The van der Waals surface area contributed by atoms with Gasteiger partial charge in [-0.2, -0.15) is 5.26 Å². The molecule has 5 heteroatoms. The van der Waals surface area contributed by atoms with Crippen LogP contribution in [0.25, 0.3) is 0 Å². The van der Waals surface area contributed by atoms with Gasteiger partial charge < -0.3 is 4.57 Å². The number of rotatable bonds is 3. The largest absolute Gasteiger partial charge is 0.325 e. The Morgan fingerprint density at radius 1 is 1.47 bits per heavy atom. The highest BCUT2D eigenvalue weighted by molar-refractivity contribution is 6.08. The Morgan fingerprint density at radius 3 is 2.95 bits per heavy atom. The van der Waals surface area contributed by atoms with Crippen LogP contribution in [-0.2, 0) is 0 Å². The first kappa shape index (κ1) is 11.6. The van der Waals surface area contributed by atoms with Gasteiger partial charge in [0.25, 0.3) is 0 Å². The molecule has 0 radical (unpaired) electrons. The number of halogens is 1. The van der Waals surface area contributed by atoms with Crippen molar-refractivity contribution in [2.45, 2.75) is 18.9 Å². The number of benzene rings is 1. The topological polar surface area (TPSA) is 58.7 Å². The fraction of sp³-hybridized carbons (Fsp3) is 0.214. The van der Waals surface area contributed by atoms with E-state index in [2.05, 4.69) is 4.98 Å². The van der Waals surface area contributed by atoms with Crippen molar-refractivity contribution in [3.63, 3.8) is 0 Å². The van der Waals surface area contributed by atoms with Crippen molar-refractivity contribution >= 4 is 5.78 Å². The minimum absolute atomic E-state index is 0.122. The number of hydrogen-bond acceptors (Lipinski definition) is 3. The lowest BCUT2D eigenvalue weighted by Gasteiger charge is -2.06. The third-order valence-corrected chi connectivity index (χ3v) is 3.19. The molecule has 4 nitrogen and oxygen atoms in total. The number of nitrogens with zero attached hydrogens (tertiary/aromatic N) is 3. The molecule has 1 aromatic carbocycles. The zero-order valence-corrected chi connectivity index (χ0v) is 10.0. The van der Waals surface area contributed by atoms with Crippen molar-refractivity contribution in [3.05, 3.63) is 53.4 Å². The van der Waals surface area contributed by atoms with Crippen molar-refractivity contribution in [1.29, 1.82) is 5.26 Å². The van der Waals surface area contributed by atoms with Crippen molar-refractivity contribution in [2.24, 2.45) is 0 Å². The molecule has 1 aliphatic rings. The average molecular weight is 255 g/mol. The van der Waals surface area contributed by atoms with E-state index in [9.17, 15) is 9.18 Å². The quantitative estimate of drug-likeness (QED) is 0.791. The summed E-state index contributed by atoms with van der Waals surface area (Å²) in [5.41, 5.74) is 0.668. The Balaban J connectivity index is 2.00. The smallest absolute Gasteiger partial charge is 0.211 e. The van der Waals surface area contributed by atoms with E-state index in [-0.39, 0.29) is 11.3 Å². The van der Waals surface area contributed by atoms with Crippen LogP contribution < -0.4 is 0 Å². The number of carbonyl (C=O) groups is 1. The van der Waals surface area contributed by atoms with Gasteiger partial charge in [0.15, 0.2) is 0 Å². The third kappa shape index (κ3) is 2.02. The zero-order valence-electron chi connectivity index (χ0n) is 10.0. The van der Waals surface area contributed by atoms with E-state index in [0.29, 0.717) is 17.3 Å². The van der Waals surface area contributed by atoms with Gasteiger partial charge >= 0.3 is 0 Å². The van der Waals surface area contributed by atoms with Crippen LogP contribution in [-0.4, -0.2) is 15.3 Å². The lowest BCUT2D eigenvalue weighted by Crippen LogP contribution is -2.09. The fourth-order valence-electron chi connectivity index (χ4n) is 2.02. The molecule has 0 N–H and O–H groups in total. The summed E-state index contributed by atoms with van der Waals surface area (Å²) in [7, 11) is 0. The van der Waals surface area contributed by atoms with Crippen molar-refractivity contribution < 1.29 is 9.18 Å². The first-order valence-electron chi connectivity index (χ1n) is 5.97. The minimum Gasteiger partial charge on any atom is -0.325 e. The van der Waals surface area contributed by atoms with E-state index in [4.69, 9.17) is 5.26 Å². The molecule has 0 saturated heterocycles. The van der Waals surface area contributed by atoms with E-state index in [1.54, 1.807) is 12.4 Å². The van der Waals surface area contributed by atoms with Gasteiger partial charge in [0, 0.05) is 11.6 Å². The Hall–Kier alpha value is -2.48. The molecule has 0 bridgehead atoms. The normalized spacial score (nSPS) is 14.1. The number of imidazole rings is 1. The molecule has 0 aliphatic heterocycles. The molecule has 2 aromatic rings. The maximum absolute atomic E-state index is 13.2. The number of carbonyl (C=O) groups excluding carboxylic acids is 1. The van der Waals surface area contributed by atoms with Gasteiger partial charge in [0.2, 0.25) is 5.78 Å². The Bertz CT molecular complexity index is 695. The lowest BCUT2D eigenvalue weighted by molar-refractivity contribution is 0.103. The van der Waals surface area contributed by atoms with E-state index in [1.807, 2.05) is 4.57 Å². The van der Waals surface area contributed by atoms with Gasteiger partial charge in [-0.1, -0.05) is 0 Å². The zero-order chi connectivity index (χ0) is 13.4. The maximum Gasteiger partial charge on any atom is 0.211 e.